The Bertz CT molecular complexity index is 901. The molecule has 132 valence electrons. The molecule has 26 heavy (non-hydrogen) atoms. The third-order valence-electron chi connectivity index (χ3n) is 3.83. The van der Waals surface area contributed by atoms with Crippen molar-refractivity contribution in [2.75, 3.05) is 5.32 Å². The van der Waals surface area contributed by atoms with Gasteiger partial charge in [-0.2, -0.15) is 0 Å². The zero-order valence-electron chi connectivity index (χ0n) is 14.6. The van der Waals surface area contributed by atoms with Gasteiger partial charge < -0.3 is 10.1 Å². The van der Waals surface area contributed by atoms with Crippen LogP contribution in [-0.2, 0) is 9.53 Å². The average molecular weight is 365 g/mol. The predicted octanol–water partition coefficient (Wildman–Crippen LogP) is 4.90. The molecule has 4 nitrogen and oxygen atoms in total. The normalized spacial score (nSPS) is 11.6. The van der Waals surface area contributed by atoms with E-state index in [0.717, 1.165) is 10.4 Å². The molecular weight excluding hydrogens is 346 g/mol. The van der Waals surface area contributed by atoms with Crippen LogP contribution in [0.3, 0.4) is 0 Å². The summed E-state index contributed by atoms with van der Waals surface area (Å²) in [5, 5.41) is 2.82. The van der Waals surface area contributed by atoms with E-state index in [9.17, 15) is 9.59 Å². The highest BCUT2D eigenvalue weighted by molar-refractivity contribution is 7.13. The third-order valence-corrected chi connectivity index (χ3v) is 4.81. The molecule has 0 spiro atoms. The molecule has 0 fully saturated rings. The van der Waals surface area contributed by atoms with E-state index in [-0.39, 0.29) is 5.91 Å². The highest BCUT2D eigenvalue weighted by Crippen LogP contribution is 2.24. The Morgan fingerprint density at radius 3 is 2.23 bits per heavy atom. The van der Waals surface area contributed by atoms with Crippen LogP contribution in [0.15, 0.2) is 66.7 Å². The fourth-order valence-electron chi connectivity index (χ4n) is 2.45. The molecule has 1 heterocycles. The third kappa shape index (κ3) is 4.37. The van der Waals surface area contributed by atoms with Crippen LogP contribution in [-0.4, -0.2) is 11.9 Å². The number of amides is 1. The molecule has 3 aromatic rings. The Balaban J connectivity index is 1.82. The molecule has 0 saturated heterocycles. The van der Waals surface area contributed by atoms with Gasteiger partial charge in [-0.05, 0) is 38.1 Å². The number of ether oxygens (including phenoxy) is 1. The maximum Gasteiger partial charge on any atom is 0.349 e. The number of anilines is 1. The first-order valence-electron chi connectivity index (χ1n) is 8.23. The van der Waals surface area contributed by atoms with Crippen LogP contribution in [0.5, 0.6) is 0 Å². The highest BCUT2D eigenvalue weighted by Gasteiger charge is 2.26. The number of carbonyl (C=O) groups excluding carboxylic acids is 2. The summed E-state index contributed by atoms with van der Waals surface area (Å²) in [5.41, 5.74) is 2.38. The van der Waals surface area contributed by atoms with Crippen LogP contribution >= 0.6 is 11.3 Å². The zero-order chi connectivity index (χ0) is 18.5. The fourth-order valence-corrected chi connectivity index (χ4v) is 3.21. The molecule has 1 amide bonds. The number of benzene rings is 2. The van der Waals surface area contributed by atoms with Gasteiger partial charge >= 0.3 is 5.97 Å². The summed E-state index contributed by atoms with van der Waals surface area (Å²) < 4.78 is 5.55. The van der Waals surface area contributed by atoms with Gasteiger partial charge in [0, 0.05) is 16.1 Å². The molecule has 0 aliphatic rings. The molecule has 1 atom stereocenters. The van der Waals surface area contributed by atoms with Gasteiger partial charge in [0.15, 0.2) is 0 Å². The number of thiophene rings is 1. The maximum absolute atomic E-state index is 12.8. The first-order valence-corrected chi connectivity index (χ1v) is 9.04. The summed E-state index contributed by atoms with van der Waals surface area (Å²) in [6.07, 6.45) is -1.02. The highest BCUT2D eigenvalue weighted by atomic mass is 32.1. The van der Waals surface area contributed by atoms with E-state index in [1.807, 2.05) is 62.4 Å². The summed E-state index contributed by atoms with van der Waals surface area (Å²) in [6, 6.07) is 20.0. The molecule has 1 N–H and O–H groups in total. The predicted molar refractivity (Wildman–Crippen MR) is 103 cm³/mol. The van der Waals surface area contributed by atoms with Crippen molar-refractivity contribution in [2.24, 2.45) is 0 Å². The molecule has 1 unspecified atom stereocenters. The van der Waals surface area contributed by atoms with Crippen molar-refractivity contribution in [1.82, 2.24) is 0 Å². The van der Waals surface area contributed by atoms with E-state index in [0.29, 0.717) is 16.1 Å². The summed E-state index contributed by atoms with van der Waals surface area (Å²) in [4.78, 5) is 26.7. The van der Waals surface area contributed by atoms with E-state index < -0.39 is 12.1 Å². The molecule has 0 aliphatic carbocycles. The van der Waals surface area contributed by atoms with Crippen molar-refractivity contribution in [2.45, 2.75) is 20.0 Å². The van der Waals surface area contributed by atoms with Gasteiger partial charge in [0.05, 0.1) is 0 Å². The van der Waals surface area contributed by atoms with Gasteiger partial charge in [-0.25, -0.2) is 4.79 Å². The molecule has 5 heteroatoms. The van der Waals surface area contributed by atoms with Crippen LogP contribution in [0.25, 0.3) is 0 Å². The van der Waals surface area contributed by atoms with Crippen molar-refractivity contribution in [1.29, 1.82) is 0 Å². The van der Waals surface area contributed by atoms with Crippen LogP contribution in [0.4, 0.5) is 5.69 Å². The molecule has 2 aromatic carbocycles. The quantitative estimate of drug-likeness (QED) is 0.654. The van der Waals surface area contributed by atoms with Crippen molar-refractivity contribution < 1.29 is 14.3 Å². The lowest BCUT2D eigenvalue weighted by Crippen LogP contribution is -2.25. The minimum Gasteiger partial charge on any atom is -0.443 e. The Morgan fingerprint density at radius 2 is 1.62 bits per heavy atom. The summed E-state index contributed by atoms with van der Waals surface area (Å²) in [6.45, 7) is 3.89. The van der Waals surface area contributed by atoms with Crippen molar-refractivity contribution in [3.8, 4) is 0 Å². The Labute approximate surface area is 156 Å². The van der Waals surface area contributed by atoms with E-state index in [2.05, 4.69) is 5.32 Å². The summed E-state index contributed by atoms with van der Waals surface area (Å²) in [7, 11) is 0. The molecule has 0 bridgehead atoms. The number of nitrogens with one attached hydrogen (secondary N) is 1. The van der Waals surface area contributed by atoms with E-state index >= 15 is 0 Å². The SMILES string of the molecule is Cc1ccc(NC(=O)C(OC(=O)c2ccc(C)s2)c2ccccc2)cc1. The Morgan fingerprint density at radius 1 is 0.923 bits per heavy atom. The second kappa shape index (κ2) is 7.97. The van der Waals surface area contributed by atoms with Gasteiger partial charge in [0.2, 0.25) is 6.10 Å². The minimum atomic E-state index is -1.02. The van der Waals surface area contributed by atoms with Crippen LogP contribution < -0.4 is 5.32 Å². The second-order valence-corrected chi connectivity index (χ2v) is 7.25. The summed E-state index contributed by atoms with van der Waals surface area (Å²) >= 11 is 1.34. The summed E-state index contributed by atoms with van der Waals surface area (Å²) in [5.74, 6) is -0.891. The first-order chi connectivity index (χ1) is 12.5. The maximum atomic E-state index is 12.8. The van der Waals surface area contributed by atoms with E-state index in [1.165, 1.54) is 11.3 Å². The van der Waals surface area contributed by atoms with Crippen LogP contribution in [0.2, 0.25) is 0 Å². The van der Waals surface area contributed by atoms with Crippen LogP contribution in [0.1, 0.15) is 31.8 Å². The Kier molecular flexibility index (Phi) is 5.49. The minimum absolute atomic E-state index is 0.387. The molecular formula is C21H19NO3S. The largest absolute Gasteiger partial charge is 0.443 e. The van der Waals surface area contributed by atoms with E-state index in [1.54, 1.807) is 18.2 Å². The first kappa shape index (κ1) is 17.9. The molecule has 3 rings (SSSR count). The molecule has 0 saturated carbocycles. The number of aryl methyl sites for hydroxylation is 2. The lowest BCUT2D eigenvalue weighted by Gasteiger charge is -2.18. The van der Waals surface area contributed by atoms with E-state index in [4.69, 9.17) is 4.74 Å². The van der Waals surface area contributed by atoms with Crippen LogP contribution in [0, 0.1) is 13.8 Å². The number of carbonyl (C=O) groups is 2. The van der Waals surface area contributed by atoms with Crippen molar-refractivity contribution in [3.05, 3.63) is 87.6 Å². The monoisotopic (exact) mass is 365 g/mol. The number of hydrogen-bond acceptors (Lipinski definition) is 4. The van der Waals surface area contributed by atoms with Gasteiger partial charge in [-0.3, -0.25) is 4.79 Å². The zero-order valence-corrected chi connectivity index (χ0v) is 15.4. The topological polar surface area (TPSA) is 55.4 Å². The van der Waals surface area contributed by atoms with Gasteiger partial charge in [-0.1, -0.05) is 48.0 Å². The molecule has 1 aromatic heterocycles. The average Bonchev–Trinajstić information content (AvgIpc) is 3.08. The number of esters is 1. The lowest BCUT2D eigenvalue weighted by molar-refractivity contribution is -0.125. The van der Waals surface area contributed by atoms with Gasteiger partial charge in [-0.15, -0.1) is 11.3 Å². The van der Waals surface area contributed by atoms with Crippen molar-refractivity contribution >= 4 is 28.9 Å². The molecule has 0 radical (unpaired) electrons. The van der Waals surface area contributed by atoms with Gasteiger partial charge in [0.1, 0.15) is 4.88 Å². The number of rotatable bonds is 5. The smallest absolute Gasteiger partial charge is 0.349 e. The number of hydrogen-bond donors (Lipinski definition) is 1. The van der Waals surface area contributed by atoms with Crippen molar-refractivity contribution in [3.63, 3.8) is 0 Å². The standard InChI is InChI=1S/C21H19NO3S/c1-14-8-11-17(12-9-14)22-20(23)19(16-6-4-3-5-7-16)25-21(24)18-13-10-15(2)26-18/h3-13,19H,1-2H3,(H,22,23). The second-order valence-electron chi connectivity index (χ2n) is 5.96. The Hall–Kier alpha value is -2.92. The lowest BCUT2D eigenvalue weighted by atomic mass is 10.1. The molecule has 0 aliphatic heterocycles. The fraction of sp³-hybridized carbons (Fsp3) is 0.143. The van der Waals surface area contributed by atoms with Gasteiger partial charge in [0.25, 0.3) is 5.91 Å².